The molecule has 0 unspecified atom stereocenters. The molecule has 1 aromatic heterocycles. The van der Waals surface area contributed by atoms with Crippen molar-refractivity contribution in [2.75, 3.05) is 20.2 Å². The molecule has 2 fully saturated rings. The number of esters is 1. The summed E-state index contributed by atoms with van der Waals surface area (Å²) in [6.07, 6.45) is 4.11. The van der Waals surface area contributed by atoms with E-state index in [-0.39, 0.29) is 11.9 Å². The zero-order valence-corrected chi connectivity index (χ0v) is 14.2. The molecule has 7 nitrogen and oxygen atoms in total. The zero-order valence-electron chi connectivity index (χ0n) is 14.2. The molecule has 1 saturated heterocycles. The third kappa shape index (κ3) is 3.11. The highest BCUT2D eigenvalue weighted by atomic mass is 16.5. The first-order valence-electron chi connectivity index (χ1n) is 8.79. The number of aromatic nitrogens is 2. The molecule has 132 valence electrons. The Labute approximate surface area is 145 Å². The van der Waals surface area contributed by atoms with Crippen LogP contribution >= 0.6 is 0 Å². The van der Waals surface area contributed by atoms with Crippen LogP contribution in [0.1, 0.15) is 46.7 Å². The van der Waals surface area contributed by atoms with Gasteiger partial charge >= 0.3 is 5.97 Å². The van der Waals surface area contributed by atoms with E-state index in [4.69, 9.17) is 4.74 Å². The van der Waals surface area contributed by atoms with Crippen LogP contribution < -0.4 is 5.32 Å². The number of rotatable bonds is 4. The molecule has 0 bridgehead atoms. The molecule has 7 heteroatoms. The van der Waals surface area contributed by atoms with Gasteiger partial charge in [-0.1, -0.05) is 0 Å². The second-order valence-electron chi connectivity index (χ2n) is 6.73. The second kappa shape index (κ2) is 6.48. The lowest BCUT2D eigenvalue weighted by atomic mass is 10.0. The van der Waals surface area contributed by atoms with Crippen LogP contribution in [0.25, 0.3) is 11.0 Å². The van der Waals surface area contributed by atoms with Crippen molar-refractivity contribution in [2.45, 2.75) is 37.8 Å². The number of benzene rings is 1. The summed E-state index contributed by atoms with van der Waals surface area (Å²) in [6, 6.07) is 5.70. The Morgan fingerprint density at radius 2 is 1.88 bits per heavy atom. The first-order valence-corrected chi connectivity index (χ1v) is 8.79. The highest BCUT2D eigenvalue weighted by molar-refractivity contribution is 5.97. The summed E-state index contributed by atoms with van der Waals surface area (Å²) in [7, 11) is 1.35. The number of ether oxygens (including phenoxy) is 1. The number of methoxy groups -OCH3 is 1. The van der Waals surface area contributed by atoms with Gasteiger partial charge in [-0.2, -0.15) is 0 Å². The number of hydrogen-bond acceptors (Lipinski definition) is 5. The molecular weight excluding hydrogens is 320 g/mol. The Morgan fingerprint density at radius 1 is 1.16 bits per heavy atom. The van der Waals surface area contributed by atoms with E-state index >= 15 is 0 Å². The van der Waals surface area contributed by atoms with Crippen molar-refractivity contribution in [1.82, 2.24) is 20.2 Å². The summed E-state index contributed by atoms with van der Waals surface area (Å²) in [4.78, 5) is 34.3. The van der Waals surface area contributed by atoms with Gasteiger partial charge in [0, 0.05) is 12.1 Å². The van der Waals surface area contributed by atoms with Gasteiger partial charge in [0.25, 0.3) is 5.91 Å². The van der Waals surface area contributed by atoms with Crippen LogP contribution in [0.4, 0.5) is 0 Å². The van der Waals surface area contributed by atoms with E-state index in [1.165, 1.54) is 7.11 Å². The summed E-state index contributed by atoms with van der Waals surface area (Å²) < 4.78 is 4.74. The Kier molecular flexibility index (Phi) is 4.17. The summed E-state index contributed by atoms with van der Waals surface area (Å²) >= 11 is 0. The Hall–Kier alpha value is -2.41. The molecule has 2 heterocycles. The number of nitrogens with one attached hydrogen (secondary N) is 2. The normalized spacial score (nSPS) is 18.3. The lowest BCUT2D eigenvalue weighted by molar-refractivity contribution is 0.0596. The van der Waals surface area contributed by atoms with Crippen molar-refractivity contribution in [3.8, 4) is 0 Å². The topological polar surface area (TPSA) is 87.3 Å². The molecule has 1 aliphatic heterocycles. The van der Waals surface area contributed by atoms with Gasteiger partial charge in [-0.25, -0.2) is 9.78 Å². The SMILES string of the molecule is COC(=O)c1ccc2nc(C(=O)N(C3CCNCC3)C3CC3)[nH]c2c1. The van der Waals surface area contributed by atoms with Crippen molar-refractivity contribution in [1.29, 1.82) is 0 Å². The monoisotopic (exact) mass is 342 g/mol. The van der Waals surface area contributed by atoms with E-state index in [0.717, 1.165) is 38.8 Å². The fourth-order valence-electron chi connectivity index (χ4n) is 3.55. The predicted molar refractivity (Wildman–Crippen MR) is 92.5 cm³/mol. The van der Waals surface area contributed by atoms with Gasteiger partial charge < -0.3 is 19.9 Å². The number of amides is 1. The molecule has 25 heavy (non-hydrogen) atoms. The largest absolute Gasteiger partial charge is 0.465 e. The number of piperidine rings is 1. The minimum absolute atomic E-state index is 0.0368. The van der Waals surface area contributed by atoms with Crippen molar-refractivity contribution in [3.05, 3.63) is 29.6 Å². The zero-order chi connectivity index (χ0) is 17.4. The summed E-state index contributed by atoms with van der Waals surface area (Å²) in [6.45, 7) is 1.90. The van der Waals surface area contributed by atoms with Gasteiger partial charge in [0.2, 0.25) is 0 Å². The van der Waals surface area contributed by atoms with E-state index < -0.39 is 5.97 Å². The van der Waals surface area contributed by atoms with Gasteiger partial charge in [-0.15, -0.1) is 0 Å². The first-order chi connectivity index (χ1) is 12.2. The predicted octanol–water partition coefficient (Wildman–Crippen LogP) is 1.71. The molecule has 0 spiro atoms. The van der Waals surface area contributed by atoms with E-state index in [2.05, 4.69) is 15.3 Å². The van der Waals surface area contributed by atoms with Crippen molar-refractivity contribution in [3.63, 3.8) is 0 Å². The molecule has 1 aliphatic carbocycles. The van der Waals surface area contributed by atoms with Crippen LogP contribution in [-0.2, 0) is 4.74 Å². The molecule has 2 aliphatic rings. The van der Waals surface area contributed by atoms with E-state index in [1.54, 1.807) is 18.2 Å². The minimum Gasteiger partial charge on any atom is -0.465 e. The van der Waals surface area contributed by atoms with Crippen LogP contribution in [0.5, 0.6) is 0 Å². The maximum Gasteiger partial charge on any atom is 0.337 e. The lowest BCUT2D eigenvalue weighted by Crippen LogP contribution is -2.47. The first kappa shape index (κ1) is 16.1. The molecule has 2 aromatic rings. The van der Waals surface area contributed by atoms with Crippen LogP contribution in [0, 0.1) is 0 Å². The third-order valence-corrected chi connectivity index (χ3v) is 4.98. The molecule has 1 saturated carbocycles. The molecule has 4 rings (SSSR count). The number of nitrogens with zero attached hydrogens (tertiary/aromatic N) is 2. The van der Waals surface area contributed by atoms with Crippen molar-refractivity contribution in [2.24, 2.45) is 0 Å². The second-order valence-corrected chi connectivity index (χ2v) is 6.73. The summed E-state index contributed by atoms with van der Waals surface area (Å²) in [5.74, 6) is -0.0913. The molecule has 1 aromatic carbocycles. The van der Waals surface area contributed by atoms with Crippen molar-refractivity contribution < 1.29 is 14.3 Å². The standard InChI is InChI=1S/C18H22N4O3/c1-25-18(24)11-2-5-14-15(10-11)21-16(20-14)17(23)22(12-3-4-12)13-6-8-19-9-7-13/h2,5,10,12-13,19H,3-4,6-9H2,1H3,(H,20,21). The molecule has 2 N–H and O–H groups in total. The highest BCUT2D eigenvalue weighted by Crippen LogP contribution is 2.32. The molecule has 0 atom stereocenters. The number of H-pyrrole nitrogens is 1. The van der Waals surface area contributed by atoms with Crippen LogP contribution in [0.2, 0.25) is 0 Å². The fraction of sp³-hybridized carbons (Fsp3) is 0.500. The van der Waals surface area contributed by atoms with Gasteiger partial charge in [-0.3, -0.25) is 4.79 Å². The van der Waals surface area contributed by atoms with E-state index in [0.29, 0.717) is 28.5 Å². The Bertz CT molecular complexity index is 806. The molecule has 0 radical (unpaired) electrons. The van der Waals surface area contributed by atoms with Crippen LogP contribution in [-0.4, -0.2) is 59.0 Å². The molecular formula is C18H22N4O3. The smallest absolute Gasteiger partial charge is 0.337 e. The number of hydrogen-bond donors (Lipinski definition) is 2. The molecule has 1 amide bonds. The number of carbonyl (C=O) groups excluding carboxylic acids is 2. The lowest BCUT2D eigenvalue weighted by Gasteiger charge is -2.34. The number of aromatic amines is 1. The van der Waals surface area contributed by atoms with Gasteiger partial charge in [0.15, 0.2) is 5.82 Å². The van der Waals surface area contributed by atoms with Crippen LogP contribution in [0.15, 0.2) is 18.2 Å². The Balaban J connectivity index is 1.62. The fourth-order valence-corrected chi connectivity index (χ4v) is 3.55. The average Bonchev–Trinajstić information content (AvgIpc) is 3.38. The Morgan fingerprint density at radius 3 is 2.56 bits per heavy atom. The summed E-state index contributed by atoms with van der Waals surface area (Å²) in [5.41, 5.74) is 1.79. The van der Waals surface area contributed by atoms with Crippen LogP contribution in [0.3, 0.4) is 0 Å². The van der Waals surface area contributed by atoms with Crippen molar-refractivity contribution >= 4 is 22.9 Å². The van der Waals surface area contributed by atoms with Gasteiger partial charge in [0.1, 0.15) is 0 Å². The highest BCUT2D eigenvalue weighted by Gasteiger charge is 2.39. The number of fused-ring (bicyclic) bond motifs is 1. The van der Waals surface area contributed by atoms with Gasteiger partial charge in [-0.05, 0) is 57.0 Å². The summed E-state index contributed by atoms with van der Waals surface area (Å²) in [5, 5.41) is 3.35. The quantitative estimate of drug-likeness (QED) is 0.826. The maximum absolute atomic E-state index is 13.1. The minimum atomic E-state index is -0.404. The number of imidazole rings is 1. The maximum atomic E-state index is 13.1. The average molecular weight is 342 g/mol. The van der Waals surface area contributed by atoms with Gasteiger partial charge in [0.05, 0.1) is 23.7 Å². The number of carbonyl (C=O) groups is 2. The third-order valence-electron chi connectivity index (χ3n) is 4.98. The van der Waals surface area contributed by atoms with E-state index in [9.17, 15) is 9.59 Å². The van der Waals surface area contributed by atoms with E-state index in [1.807, 2.05) is 4.90 Å².